The fourth-order valence-corrected chi connectivity index (χ4v) is 14.8. The van der Waals surface area contributed by atoms with Crippen LogP contribution in [-0.2, 0) is 65.4 Å². The molecular formula is C86H168O17P2. The number of phosphoric acid groups is 2. The molecule has 105 heavy (non-hydrogen) atoms. The van der Waals surface area contributed by atoms with Gasteiger partial charge in [0.25, 0.3) is 0 Å². The van der Waals surface area contributed by atoms with E-state index in [1.807, 2.05) is 0 Å². The van der Waals surface area contributed by atoms with Crippen molar-refractivity contribution in [3.63, 3.8) is 0 Å². The van der Waals surface area contributed by atoms with Gasteiger partial charge in [0.1, 0.15) is 19.3 Å². The molecule has 0 saturated carbocycles. The maximum absolute atomic E-state index is 13.1. The van der Waals surface area contributed by atoms with Crippen molar-refractivity contribution in [2.24, 2.45) is 23.7 Å². The molecule has 0 rings (SSSR count). The highest BCUT2D eigenvalue weighted by atomic mass is 31.2. The number of unbranched alkanes of at least 4 members (excludes halogenated alkanes) is 46. The van der Waals surface area contributed by atoms with Gasteiger partial charge in [-0.25, -0.2) is 9.13 Å². The minimum atomic E-state index is -4.97. The van der Waals surface area contributed by atoms with E-state index in [0.717, 1.165) is 114 Å². The van der Waals surface area contributed by atoms with Crippen molar-refractivity contribution in [2.75, 3.05) is 39.6 Å². The minimum Gasteiger partial charge on any atom is -0.462 e. The summed E-state index contributed by atoms with van der Waals surface area (Å²) in [5.74, 6) is 1.16. The summed E-state index contributed by atoms with van der Waals surface area (Å²) in [5, 5.41) is 10.7. The molecule has 0 amide bonds. The van der Waals surface area contributed by atoms with Crippen LogP contribution in [0.3, 0.4) is 0 Å². The number of hydrogen-bond acceptors (Lipinski definition) is 15. The van der Waals surface area contributed by atoms with Gasteiger partial charge in [0.15, 0.2) is 12.2 Å². The third kappa shape index (κ3) is 75.9. The van der Waals surface area contributed by atoms with Crippen molar-refractivity contribution in [3.05, 3.63) is 0 Å². The Morgan fingerprint density at radius 1 is 0.267 bits per heavy atom. The van der Waals surface area contributed by atoms with Crippen molar-refractivity contribution in [1.82, 2.24) is 0 Å². The van der Waals surface area contributed by atoms with Crippen molar-refractivity contribution in [2.45, 2.75) is 465 Å². The first-order valence-corrected chi connectivity index (χ1v) is 47.3. The lowest BCUT2D eigenvalue weighted by molar-refractivity contribution is -0.161. The fourth-order valence-electron chi connectivity index (χ4n) is 13.2. The number of esters is 4. The molecule has 0 aromatic heterocycles. The highest BCUT2D eigenvalue weighted by Gasteiger charge is 2.31. The first-order chi connectivity index (χ1) is 50.7. The first-order valence-electron chi connectivity index (χ1n) is 44.3. The molecule has 0 aliphatic carbocycles. The van der Waals surface area contributed by atoms with Crippen molar-refractivity contribution >= 4 is 39.5 Å². The highest BCUT2D eigenvalue weighted by Crippen LogP contribution is 2.45. The number of hydrogen-bond donors (Lipinski definition) is 3. The quantitative estimate of drug-likeness (QED) is 0.0222. The number of aliphatic hydroxyl groups is 1. The maximum Gasteiger partial charge on any atom is 0.472 e. The van der Waals surface area contributed by atoms with Gasteiger partial charge in [-0.3, -0.25) is 37.3 Å². The number of aliphatic hydroxyl groups excluding tert-OH is 1. The fraction of sp³-hybridized carbons (Fsp3) is 0.953. The van der Waals surface area contributed by atoms with Gasteiger partial charge in [-0.15, -0.1) is 0 Å². The van der Waals surface area contributed by atoms with E-state index in [0.29, 0.717) is 25.7 Å². The Morgan fingerprint density at radius 2 is 0.457 bits per heavy atom. The van der Waals surface area contributed by atoms with Gasteiger partial charge in [-0.1, -0.05) is 396 Å². The van der Waals surface area contributed by atoms with Gasteiger partial charge in [0, 0.05) is 25.7 Å². The molecule has 0 aliphatic heterocycles. The van der Waals surface area contributed by atoms with Crippen LogP contribution in [0.4, 0.5) is 0 Å². The second-order valence-corrected chi connectivity index (χ2v) is 35.0. The summed E-state index contributed by atoms with van der Waals surface area (Å²) in [4.78, 5) is 73.3. The number of phosphoric ester groups is 2. The Hall–Kier alpha value is -1.94. The van der Waals surface area contributed by atoms with E-state index in [4.69, 9.17) is 37.0 Å². The standard InChI is InChI=1S/C86H168O17P2/c1-9-77(6)63-55-47-39-31-25-19-13-16-21-27-33-42-50-58-66-83(88)96-72-81(102-85(90)69-61-53-45-35-29-23-17-14-20-26-32-40-48-56-64-78(7)10-2)74-100-104(92,93)98-70-80(87)71-99-105(94,95)101-75-82(73-97-84(89)67-59-51-43-37-36-41-49-57-65-79(8)11-3)103-86(91)68-60-52-44-34-28-22-15-12-18-24-30-38-46-54-62-76(4)5/h76-82,87H,9-75H2,1-8H3,(H,92,93)(H,94,95)/t77?,78?,79?,80-,81-,82-/m1/s1. The van der Waals surface area contributed by atoms with Gasteiger partial charge in [-0.2, -0.15) is 0 Å². The molecule has 17 nitrogen and oxygen atoms in total. The molecule has 0 aromatic carbocycles. The smallest absolute Gasteiger partial charge is 0.462 e. The Kier molecular flexibility index (Phi) is 73.4. The van der Waals surface area contributed by atoms with Gasteiger partial charge in [0.2, 0.25) is 0 Å². The topological polar surface area (TPSA) is 237 Å². The van der Waals surface area contributed by atoms with Crippen molar-refractivity contribution in [3.8, 4) is 0 Å². The van der Waals surface area contributed by atoms with Gasteiger partial charge in [-0.05, 0) is 49.4 Å². The lowest BCUT2D eigenvalue weighted by Crippen LogP contribution is -2.30. The molecule has 19 heteroatoms. The lowest BCUT2D eigenvalue weighted by atomic mass is 9.99. The molecule has 0 fully saturated rings. The maximum atomic E-state index is 13.1. The van der Waals surface area contributed by atoms with Crippen LogP contribution in [0.15, 0.2) is 0 Å². The second-order valence-electron chi connectivity index (χ2n) is 32.1. The third-order valence-electron chi connectivity index (χ3n) is 21.2. The SMILES string of the molecule is CCC(C)CCCCCCCCCCCCCCCCC(=O)OC[C@H](COP(=O)(O)OC[C@@H](O)COP(=O)(O)OC[C@@H](COC(=O)CCCCCCCCCCC(C)CC)OC(=O)CCCCCCCCCCCCCCCCC(C)C)OC(=O)CCCCCCCCCCCCCCCCC(C)CC. The highest BCUT2D eigenvalue weighted by molar-refractivity contribution is 7.47. The number of rotatable bonds is 83. The summed E-state index contributed by atoms with van der Waals surface area (Å²) in [5.41, 5.74) is 0. The van der Waals surface area contributed by atoms with E-state index < -0.39 is 97.5 Å². The Balaban J connectivity index is 5.28. The summed E-state index contributed by atoms with van der Waals surface area (Å²) in [6.07, 6.45) is 63.6. The number of ether oxygens (including phenoxy) is 4. The molecule has 0 aliphatic rings. The summed E-state index contributed by atoms with van der Waals surface area (Å²) in [7, 11) is -9.93. The molecule has 3 N–H and O–H groups in total. The van der Waals surface area contributed by atoms with Crippen LogP contribution < -0.4 is 0 Å². The monoisotopic (exact) mass is 1540 g/mol. The Bertz CT molecular complexity index is 2050. The van der Waals surface area contributed by atoms with Gasteiger partial charge >= 0.3 is 39.5 Å². The van der Waals surface area contributed by atoms with Crippen LogP contribution in [0.2, 0.25) is 0 Å². The van der Waals surface area contributed by atoms with Crippen LogP contribution in [-0.4, -0.2) is 96.7 Å². The van der Waals surface area contributed by atoms with Crippen LogP contribution in [0, 0.1) is 23.7 Å². The zero-order chi connectivity index (χ0) is 77.4. The number of carbonyl (C=O) groups is 4. The predicted molar refractivity (Wildman–Crippen MR) is 432 cm³/mol. The Morgan fingerprint density at radius 3 is 0.676 bits per heavy atom. The average Bonchev–Trinajstić information content (AvgIpc) is 0.913. The van der Waals surface area contributed by atoms with E-state index in [2.05, 4.69) is 55.4 Å². The minimum absolute atomic E-state index is 0.107. The second kappa shape index (κ2) is 74.8. The summed E-state index contributed by atoms with van der Waals surface area (Å²) >= 11 is 0. The lowest BCUT2D eigenvalue weighted by Gasteiger charge is -2.21. The van der Waals surface area contributed by atoms with E-state index in [1.165, 1.54) is 250 Å². The first kappa shape index (κ1) is 103. The van der Waals surface area contributed by atoms with Crippen molar-refractivity contribution in [1.29, 1.82) is 0 Å². The third-order valence-corrected chi connectivity index (χ3v) is 23.1. The zero-order valence-electron chi connectivity index (χ0n) is 69.4. The van der Waals surface area contributed by atoms with Crippen LogP contribution in [0.5, 0.6) is 0 Å². The molecule has 8 atom stereocenters. The van der Waals surface area contributed by atoms with Crippen LogP contribution in [0.25, 0.3) is 0 Å². The predicted octanol–water partition coefficient (Wildman–Crippen LogP) is 25.9. The summed E-state index contributed by atoms with van der Waals surface area (Å²) < 4.78 is 68.9. The van der Waals surface area contributed by atoms with Crippen LogP contribution >= 0.6 is 15.6 Å². The largest absolute Gasteiger partial charge is 0.472 e. The van der Waals surface area contributed by atoms with Gasteiger partial charge in [0.05, 0.1) is 26.4 Å². The summed E-state index contributed by atoms with van der Waals surface area (Å²) in [6.45, 7) is 14.4. The molecule has 624 valence electrons. The zero-order valence-corrected chi connectivity index (χ0v) is 71.2. The van der Waals surface area contributed by atoms with E-state index in [9.17, 15) is 43.2 Å². The molecule has 0 aromatic rings. The van der Waals surface area contributed by atoms with E-state index in [-0.39, 0.29) is 25.7 Å². The average molecular weight is 1540 g/mol. The van der Waals surface area contributed by atoms with E-state index >= 15 is 0 Å². The summed E-state index contributed by atoms with van der Waals surface area (Å²) in [6, 6.07) is 0. The number of carbonyl (C=O) groups excluding carboxylic acids is 4. The van der Waals surface area contributed by atoms with Gasteiger partial charge < -0.3 is 33.8 Å². The molecule has 0 radical (unpaired) electrons. The molecule has 5 unspecified atom stereocenters. The molecular weight excluding hydrogens is 1370 g/mol. The van der Waals surface area contributed by atoms with E-state index in [1.54, 1.807) is 0 Å². The normalized spacial score (nSPS) is 14.7. The Labute approximate surface area is 645 Å². The molecule has 0 bridgehead atoms. The molecule has 0 heterocycles. The molecule has 0 saturated heterocycles. The van der Waals surface area contributed by atoms with Crippen LogP contribution in [0.1, 0.15) is 447 Å². The molecule has 0 spiro atoms. The van der Waals surface area contributed by atoms with Crippen molar-refractivity contribution < 1.29 is 80.2 Å².